The lowest BCUT2D eigenvalue weighted by Gasteiger charge is -2.32. The van der Waals surface area contributed by atoms with E-state index < -0.39 is 28.3 Å². The van der Waals surface area contributed by atoms with E-state index in [2.05, 4.69) is 4.72 Å². The molecule has 0 aliphatic carbocycles. The molecule has 0 bridgehead atoms. The van der Waals surface area contributed by atoms with Gasteiger partial charge < -0.3 is 9.31 Å². The van der Waals surface area contributed by atoms with E-state index >= 15 is 0 Å². The van der Waals surface area contributed by atoms with Gasteiger partial charge in [-0.3, -0.25) is 0 Å². The number of nitrogens with one attached hydrogen (secondary N) is 1. The van der Waals surface area contributed by atoms with Gasteiger partial charge in [0.1, 0.15) is 0 Å². The Bertz CT molecular complexity index is 735. The summed E-state index contributed by atoms with van der Waals surface area (Å²) in [6.07, 6.45) is 0. The SMILES string of the molecule is CCNS(=O)(=O)c1ccc(B2OC(C)(C)C(C)(C)O2)cc1C(C)(C)C. The lowest BCUT2D eigenvalue weighted by atomic mass is 9.75. The summed E-state index contributed by atoms with van der Waals surface area (Å²) in [5, 5.41) is 0. The van der Waals surface area contributed by atoms with Crippen molar-refractivity contribution in [3.8, 4) is 0 Å². The van der Waals surface area contributed by atoms with Crippen molar-refractivity contribution in [2.24, 2.45) is 0 Å². The Balaban J connectivity index is 2.52. The van der Waals surface area contributed by atoms with Crippen LogP contribution >= 0.6 is 0 Å². The molecular formula is C18H30BNO4S. The van der Waals surface area contributed by atoms with Gasteiger partial charge >= 0.3 is 7.12 Å². The number of rotatable bonds is 4. The molecule has 7 heteroatoms. The van der Waals surface area contributed by atoms with Crippen LogP contribution in [0.1, 0.15) is 61.0 Å². The van der Waals surface area contributed by atoms with E-state index in [1.807, 2.05) is 54.5 Å². The molecule has 0 unspecified atom stereocenters. The van der Waals surface area contributed by atoms with Gasteiger partial charge in [-0.1, -0.05) is 39.8 Å². The number of sulfonamides is 1. The first-order valence-electron chi connectivity index (χ1n) is 8.71. The lowest BCUT2D eigenvalue weighted by Crippen LogP contribution is -2.41. The van der Waals surface area contributed by atoms with E-state index in [1.54, 1.807) is 19.1 Å². The Kier molecular flexibility index (Phi) is 5.21. The number of hydrogen-bond donors (Lipinski definition) is 1. The van der Waals surface area contributed by atoms with Crippen LogP contribution < -0.4 is 10.2 Å². The van der Waals surface area contributed by atoms with Crippen LogP contribution in [0, 0.1) is 0 Å². The van der Waals surface area contributed by atoms with E-state index in [-0.39, 0.29) is 5.41 Å². The molecule has 140 valence electrons. The monoisotopic (exact) mass is 367 g/mol. The van der Waals surface area contributed by atoms with Gasteiger partial charge in [0.25, 0.3) is 0 Å². The largest absolute Gasteiger partial charge is 0.494 e. The first-order chi connectivity index (χ1) is 11.2. The van der Waals surface area contributed by atoms with Crippen LogP contribution in [-0.2, 0) is 24.7 Å². The summed E-state index contributed by atoms with van der Waals surface area (Å²) in [6.45, 7) is 16.1. The molecule has 0 aromatic heterocycles. The summed E-state index contributed by atoms with van der Waals surface area (Å²) in [5.41, 5.74) is 0.374. The highest BCUT2D eigenvalue weighted by Gasteiger charge is 2.51. The normalized spacial score (nSPS) is 20.1. The third kappa shape index (κ3) is 3.94. The van der Waals surface area contributed by atoms with Crippen molar-refractivity contribution in [2.75, 3.05) is 6.54 Å². The Labute approximate surface area is 152 Å². The zero-order valence-electron chi connectivity index (χ0n) is 16.6. The molecule has 1 aromatic rings. The van der Waals surface area contributed by atoms with Crippen LogP contribution in [0.5, 0.6) is 0 Å². The molecule has 5 nitrogen and oxygen atoms in total. The van der Waals surface area contributed by atoms with Crippen molar-refractivity contribution >= 4 is 22.6 Å². The van der Waals surface area contributed by atoms with E-state index in [0.717, 1.165) is 11.0 Å². The minimum absolute atomic E-state index is 0.308. The summed E-state index contributed by atoms with van der Waals surface area (Å²) >= 11 is 0. The van der Waals surface area contributed by atoms with Crippen molar-refractivity contribution in [1.82, 2.24) is 4.72 Å². The highest BCUT2D eigenvalue weighted by Crippen LogP contribution is 2.37. The first kappa shape index (κ1) is 20.4. The van der Waals surface area contributed by atoms with Crippen LogP contribution in [0.3, 0.4) is 0 Å². The van der Waals surface area contributed by atoms with Crippen LogP contribution in [0.25, 0.3) is 0 Å². The van der Waals surface area contributed by atoms with E-state index in [9.17, 15) is 8.42 Å². The van der Waals surface area contributed by atoms with Crippen molar-refractivity contribution in [1.29, 1.82) is 0 Å². The number of hydrogen-bond acceptors (Lipinski definition) is 4. The average molecular weight is 367 g/mol. The van der Waals surface area contributed by atoms with Crippen molar-refractivity contribution in [2.45, 2.75) is 76.9 Å². The molecule has 1 aliphatic rings. The van der Waals surface area contributed by atoms with E-state index in [1.165, 1.54) is 0 Å². The van der Waals surface area contributed by atoms with Gasteiger partial charge in [0.15, 0.2) is 0 Å². The fraction of sp³-hybridized carbons (Fsp3) is 0.667. The summed E-state index contributed by atoms with van der Waals surface area (Å²) in [6, 6.07) is 5.33. The molecule has 1 fully saturated rings. The molecule has 2 rings (SSSR count). The summed E-state index contributed by atoms with van der Waals surface area (Å²) in [7, 11) is -4.05. The zero-order chi connectivity index (χ0) is 19.3. The standard InChI is InChI=1S/C18H30BNO4S/c1-9-20-25(21,22)15-11-10-13(12-14(15)16(2,3)4)19-23-17(5,6)18(7,8)24-19/h10-12,20H,9H2,1-8H3. The van der Waals surface area contributed by atoms with Crippen LogP contribution in [0.2, 0.25) is 0 Å². The van der Waals surface area contributed by atoms with Gasteiger partial charge in [-0.05, 0) is 50.2 Å². The fourth-order valence-electron chi connectivity index (χ4n) is 2.76. The lowest BCUT2D eigenvalue weighted by molar-refractivity contribution is 0.00578. The van der Waals surface area contributed by atoms with Gasteiger partial charge in [0.05, 0.1) is 16.1 Å². The van der Waals surface area contributed by atoms with Crippen molar-refractivity contribution < 1.29 is 17.7 Å². The topological polar surface area (TPSA) is 64.6 Å². The molecule has 0 radical (unpaired) electrons. The molecule has 1 N–H and O–H groups in total. The minimum Gasteiger partial charge on any atom is -0.399 e. The van der Waals surface area contributed by atoms with Gasteiger partial charge in [-0.2, -0.15) is 0 Å². The molecule has 0 atom stereocenters. The van der Waals surface area contributed by atoms with Gasteiger partial charge in [-0.25, -0.2) is 13.1 Å². The summed E-state index contributed by atoms with van der Waals surface area (Å²) in [5.74, 6) is 0. The van der Waals surface area contributed by atoms with Gasteiger partial charge in [0, 0.05) is 6.54 Å². The molecule has 0 saturated carbocycles. The Morgan fingerprint density at radius 3 is 2.04 bits per heavy atom. The highest BCUT2D eigenvalue weighted by molar-refractivity contribution is 7.89. The smallest absolute Gasteiger partial charge is 0.399 e. The molecular weight excluding hydrogens is 337 g/mol. The van der Waals surface area contributed by atoms with Crippen molar-refractivity contribution in [3.05, 3.63) is 23.8 Å². The molecule has 1 aliphatic heterocycles. The highest BCUT2D eigenvalue weighted by atomic mass is 32.2. The maximum absolute atomic E-state index is 12.6. The second-order valence-corrected chi connectivity index (χ2v) is 10.3. The Morgan fingerprint density at radius 1 is 1.08 bits per heavy atom. The molecule has 0 amide bonds. The fourth-order valence-corrected chi connectivity index (χ4v) is 4.20. The third-order valence-electron chi connectivity index (χ3n) is 4.96. The van der Waals surface area contributed by atoms with Crippen LogP contribution in [0.15, 0.2) is 23.1 Å². The second-order valence-electron chi connectivity index (χ2n) is 8.60. The predicted octanol–water partition coefficient (Wildman–Crippen LogP) is 2.58. The average Bonchev–Trinajstić information content (AvgIpc) is 2.66. The Morgan fingerprint density at radius 2 is 1.60 bits per heavy atom. The molecule has 0 spiro atoms. The molecule has 1 aromatic carbocycles. The van der Waals surface area contributed by atoms with E-state index in [0.29, 0.717) is 11.4 Å². The quantitative estimate of drug-likeness (QED) is 0.831. The van der Waals surface area contributed by atoms with Crippen LogP contribution in [-0.4, -0.2) is 33.3 Å². The van der Waals surface area contributed by atoms with Gasteiger partial charge in [-0.15, -0.1) is 0 Å². The van der Waals surface area contributed by atoms with Crippen molar-refractivity contribution in [3.63, 3.8) is 0 Å². The van der Waals surface area contributed by atoms with Gasteiger partial charge in [0.2, 0.25) is 10.0 Å². The summed E-state index contributed by atoms with van der Waals surface area (Å²) < 4.78 is 39.9. The number of benzene rings is 1. The predicted molar refractivity (Wildman–Crippen MR) is 102 cm³/mol. The minimum atomic E-state index is -3.54. The maximum Gasteiger partial charge on any atom is 0.494 e. The maximum atomic E-state index is 12.6. The summed E-state index contributed by atoms with van der Waals surface area (Å²) in [4.78, 5) is 0.308. The molecule has 1 saturated heterocycles. The molecule has 25 heavy (non-hydrogen) atoms. The third-order valence-corrected chi connectivity index (χ3v) is 6.56. The Hall–Kier alpha value is -0.885. The van der Waals surface area contributed by atoms with Crippen LogP contribution in [0.4, 0.5) is 0 Å². The molecule has 1 heterocycles. The van der Waals surface area contributed by atoms with E-state index in [4.69, 9.17) is 9.31 Å². The zero-order valence-corrected chi connectivity index (χ0v) is 17.4. The first-order valence-corrected chi connectivity index (χ1v) is 10.2. The second kappa shape index (κ2) is 6.37.